The molecule has 0 bridgehead atoms. The molecule has 0 fully saturated rings. The number of hydrogen-bond donors (Lipinski definition) is 0. The van der Waals surface area contributed by atoms with Crippen LogP contribution in [0.3, 0.4) is 0 Å². The minimum absolute atomic E-state index is 1.21. The Labute approximate surface area is 139 Å². The maximum Gasteiger partial charge on any atom is 0.0843 e. The van der Waals surface area contributed by atoms with Gasteiger partial charge in [-0.2, -0.15) is 0 Å². The number of halogens is 2. The lowest BCUT2D eigenvalue weighted by Gasteiger charge is -2.01. The first kappa shape index (κ1) is 17.7. The molecule has 19 heavy (non-hydrogen) atoms. The van der Waals surface area contributed by atoms with Gasteiger partial charge in [-0.3, -0.25) is 0 Å². The fraction of sp³-hybridized carbons (Fsp3) is 0.750. The lowest BCUT2D eigenvalue weighted by molar-refractivity contribution is 0.557. The highest BCUT2D eigenvalue weighted by atomic mass is 79.9. The van der Waals surface area contributed by atoms with Gasteiger partial charge in [0, 0.05) is 9.35 Å². The van der Waals surface area contributed by atoms with Gasteiger partial charge < -0.3 is 0 Å². The molecule has 3 heteroatoms. The Bertz CT molecular complexity index is 314. The second-order valence-corrected chi connectivity index (χ2v) is 8.58. The highest BCUT2D eigenvalue weighted by molar-refractivity contribution is 9.13. The lowest BCUT2D eigenvalue weighted by Crippen LogP contribution is -1.84. The van der Waals surface area contributed by atoms with Crippen LogP contribution in [0, 0.1) is 0 Å². The molecule has 0 aliphatic heterocycles. The van der Waals surface area contributed by atoms with Gasteiger partial charge in [0.1, 0.15) is 0 Å². The van der Waals surface area contributed by atoms with Crippen LogP contribution in [0.15, 0.2) is 14.3 Å². The van der Waals surface area contributed by atoms with Gasteiger partial charge in [0.15, 0.2) is 0 Å². The zero-order valence-electron chi connectivity index (χ0n) is 12.0. The molecule has 1 rings (SSSR count). The molecule has 0 N–H and O–H groups in total. The maximum atomic E-state index is 3.56. The Morgan fingerprint density at radius 1 is 0.842 bits per heavy atom. The Morgan fingerprint density at radius 3 is 1.84 bits per heavy atom. The predicted molar refractivity (Wildman–Crippen MR) is 95.3 cm³/mol. The van der Waals surface area contributed by atoms with Gasteiger partial charge in [0.05, 0.1) is 3.79 Å². The second-order valence-electron chi connectivity index (χ2n) is 5.27. The van der Waals surface area contributed by atoms with Crippen molar-refractivity contribution >= 4 is 43.2 Å². The van der Waals surface area contributed by atoms with Crippen LogP contribution < -0.4 is 0 Å². The largest absolute Gasteiger partial charge is 0.132 e. The summed E-state index contributed by atoms with van der Waals surface area (Å²) in [4.78, 5) is 1.50. The van der Waals surface area contributed by atoms with Crippen LogP contribution in [0.5, 0.6) is 0 Å². The summed E-state index contributed by atoms with van der Waals surface area (Å²) in [6, 6.07) is 2.25. The molecule has 110 valence electrons. The van der Waals surface area contributed by atoms with Gasteiger partial charge in [-0.15, -0.1) is 11.3 Å². The molecule has 0 aromatic carbocycles. The van der Waals surface area contributed by atoms with E-state index in [1.54, 1.807) is 0 Å². The topological polar surface area (TPSA) is 0 Å². The smallest absolute Gasteiger partial charge is 0.0843 e. The summed E-state index contributed by atoms with van der Waals surface area (Å²) < 4.78 is 2.44. The number of thiophene rings is 1. The van der Waals surface area contributed by atoms with Crippen molar-refractivity contribution in [3.63, 3.8) is 0 Å². The molecule has 0 radical (unpaired) electrons. The van der Waals surface area contributed by atoms with Gasteiger partial charge in [-0.25, -0.2) is 0 Å². The molecule has 0 atom stereocenters. The molecule has 0 aliphatic carbocycles. The molecule has 0 spiro atoms. The summed E-state index contributed by atoms with van der Waals surface area (Å²) in [5.41, 5.74) is 0. The third-order valence-corrected chi connectivity index (χ3v) is 6.79. The van der Waals surface area contributed by atoms with Gasteiger partial charge in [-0.05, 0) is 50.8 Å². The summed E-state index contributed by atoms with van der Waals surface area (Å²) in [6.07, 6.45) is 15.4. The van der Waals surface area contributed by atoms with Crippen molar-refractivity contribution in [3.8, 4) is 0 Å². The van der Waals surface area contributed by atoms with Gasteiger partial charge in [-0.1, -0.05) is 64.7 Å². The van der Waals surface area contributed by atoms with Crippen molar-refractivity contribution < 1.29 is 0 Å². The number of unbranched alkanes of at least 4 members (excludes halogenated alkanes) is 9. The molecule has 1 aromatic rings. The van der Waals surface area contributed by atoms with Crippen LogP contribution in [0.1, 0.15) is 76.0 Å². The summed E-state index contributed by atoms with van der Waals surface area (Å²) in [6.45, 7) is 2.28. The highest BCUT2D eigenvalue weighted by Gasteiger charge is 2.03. The van der Waals surface area contributed by atoms with Crippen LogP contribution in [-0.2, 0) is 6.42 Å². The zero-order chi connectivity index (χ0) is 13.9. The minimum atomic E-state index is 1.21. The number of rotatable bonds is 11. The van der Waals surface area contributed by atoms with Crippen LogP contribution in [0.4, 0.5) is 0 Å². The monoisotopic (exact) mass is 408 g/mol. The van der Waals surface area contributed by atoms with Crippen molar-refractivity contribution in [2.24, 2.45) is 0 Å². The zero-order valence-corrected chi connectivity index (χ0v) is 16.0. The quantitative estimate of drug-likeness (QED) is 0.328. The van der Waals surface area contributed by atoms with Crippen LogP contribution in [-0.4, -0.2) is 0 Å². The Kier molecular flexibility index (Phi) is 10.6. The summed E-state index contributed by atoms with van der Waals surface area (Å²) >= 11 is 8.97. The molecule has 0 nitrogen and oxygen atoms in total. The fourth-order valence-electron chi connectivity index (χ4n) is 2.30. The standard InChI is InChI=1S/C16H26Br2S/c1-2-3-4-5-6-7-8-9-10-11-12-14-13-15(17)16(18)19-14/h13H,2-12H2,1H3. The van der Waals surface area contributed by atoms with E-state index in [1.165, 1.54) is 83.8 Å². The van der Waals surface area contributed by atoms with E-state index in [2.05, 4.69) is 44.8 Å². The maximum absolute atomic E-state index is 3.56. The highest BCUT2D eigenvalue weighted by Crippen LogP contribution is 2.33. The van der Waals surface area contributed by atoms with E-state index in [0.717, 1.165) is 0 Å². The number of hydrogen-bond acceptors (Lipinski definition) is 1. The molecule has 1 heterocycles. The molecule has 0 unspecified atom stereocenters. The summed E-state index contributed by atoms with van der Waals surface area (Å²) in [5, 5.41) is 0. The molecule has 1 aromatic heterocycles. The Balaban J connectivity index is 1.88. The molecular weight excluding hydrogens is 384 g/mol. The lowest BCUT2D eigenvalue weighted by atomic mass is 10.1. The number of aryl methyl sites for hydroxylation is 1. The Hall–Kier alpha value is 0.660. The van der Waals surface area contributed by atoms with E-state index in [-0.39, 0.29) is 0 Å². The fourth-order valence-corrected chi connectivity index (χ4v) is 4.52. The van der Waals surface area contributed by atoms with E-state index in [0.29, 0.717) is 0 Å². The third kappa shape index (κ3) is 8.52. The van der Waals surface area contributed by atoms with E-state index in [4.69, 9.17) is 0 Å². The Morgan fingerprint density at radius 2 is 1.37 bits per heavy atom. The van der Waals surface area contributed by atoms with E-state index < -0.39 is 0 Å². The first-order chi connectivity index (χ1) is 9.24. The van der Waals surface area contributed by atoms with Crippen LogP contribution in [0.2, 0.25) is 0 Å². The first-order valence-corrected chi connectivity index (χ1v) is 10.1. The molecule has 0 saturated heterocycles. The summed E-state index contributed by atoms with van der Waals surface area (Å²) in [7, 11) is 0. The third-order valence-electron chi connectivity index (χ3n) is 3.47. The predicted octanol–water partition coefficient (Wildman–Crippen LogP) is 7.74. The average molecular weight is 410 g/mol. The van der Waals surface area contributed by atoms with Gasteiger partial charge in [0.2, 0.25) is 0 Å². The molecular formula is C16H26Br2S. The SMILES string of the molecule is CCCCCCCCCCCCc1cc(Br)c(Br)s1. The van der Waals surface area contributed by atoms with E-state index in [9.17, 15) is 0 Å². The van der Waals surface area contributed by atoms with Gasteiger partial charge >= 0.3 is 0 Å². The van der Waals surface area contributed by atoms with Crippen molar-refractivity contribution in [2.45, 2.75) is 77.6 Å². The van der Waals surface area contributed by atoms with E-state index >= 15 is 0 Å². The van der Waals surface area contributed by atoms with Crippen molar-refractivity contribution in [3.05, 3.63) is 19.2 Å². The summed E-state index contributed by atoms with van der Waals surface area (Å²) in [5.74, 6) is 0. The minimum Gasteiger partial charge on any atom is -0.132 e. The van der Waals surface area contributed by atoms with Gasteiger partial charge in [0.25, 0.3) is 0 Å². The van der Waals surface area contributed by atoms with Crippen LogP contribution in [0.25, 0.3) is 0 Å². The van der Waals surface area contributed by atoms with Crippen molar-refractivity contribution in [1.82, 2.24) is 0 Å². The van der Waals surface area contributed by atoms with Crippen molar-refractivity contribution in [1.29, 1.82) is 0 Å². The van der Waals surface area contributed by atoms with Crippen LogP contribution >= 0.6 is 43.2 Å². The first-order valence-electron chi connectivity index (χ1n) is 7.67. The molecule has 0 aliphatic rings. The second kappa shape index (κ2) is 11.3. The normalized spacial score (nSPS) is 11.1. The molecule has 0 saturated carbocycles. The van der Waals surface area contributed by atoms with Crippen molar-refractivity contribution in [2.75, 3.05) is 0 Å². The molecule has 0 amide bonds. The van der Waals surface area contributed by atoms with E-state index in [1.807, 2.05) is 11.3 Å². The average Bonchev–Trinajstić information content (AvgIpc) is 2.71.